The third-order valence-corrected chi connectivity index (χ3v) is 10.8. The summed E-state index contributed by atoms with van der Waals surface area (Å²) in [4.78, 5) is 20.1. The lowest BCUT2D eigenvalue weighted by Crippen LogP contribution is -2.68. The zero-order valence-electron chi connectivity index (χ0n) is 18.3. The minimum absolute atomic E-state index is 0.0302. The van der Waals surface area contributed by atoms with Gasteiger partial charge in [-0.05, 0) is 57.6 Å². The molecule has 1 amide bonds. The van der Waals surface area contributed by atoms with Crippen molar-refractivity contribution in [1.82, 2.24) is 14.2 Å². The van der Waals surface area contributed by atoms with Crippen LogP contribution in [-0.2, 0) is 22.1 Å². The van der Waals surface area contributed by atoms with Gasteiger partial charge in [0, 0.05) is 30.6 Å². The maximum atomic E-state index is 14.5. The Balaban J connectivity index is 1.16. The number of aryl methyl sites for hydroxylation is 1. The molecule has 0 unspecified atom stereocenters. The molecule has 2 aliphatic carbocycles. The Kier molecular flexibility index (Phi) is 4.62. The molecule has 1 atom stereocenters. The molecule has 0 radical (unpaired) electrons. The zero-order valence-corrected chi connectivity index (χ0v) is 19.9. The van der Waals surface area contributed by atoms with Crippen LogP contribution >= 0.6 is 11.3 Å². The topological polar surface area (TPSA) is 70.6 Å². The van der Waals surface area contributed by atoms with Gasteiger partial charge in [-0.15, -0.1) is 11.3 Å². The van der Waals surface area contributed by atoms with Crippen LogP contribution in [0.15, 0.2) is 29.2 Å². The first kappa shape index (κ1) is 21.6. The third kappa shape index (κ3) is 3.28. The van der Waals surface area contributed by atoms with Crippen molar-refractivity contribution in [2.75, 3.05) is 13.1 Å². The van der Waals surface area contributed by atoms with Crippen molar-refractivity contribution < 1.29 is 22.0 Å². The van der Waals surface area contributed by atoms with Crippen molar-refractivity contribution in [3.8, 4) is 0 Å². The molecular weight excluding hydrogens is 468 g/mol. The highest BCUT2D eigenvalue weighted by atomic mass is 32.2. The number of carbonyl (C=O) groups is 1. The summed E-state index contributed by atoms with van der Waals surface area (Å²) in [5, 5.41) is 0.438. The van der Waals surface area contributed by atoms with Gasteiger partial charge in [0.2, 0.25) is 10.0 Å². The fraction of sp³-hybridized carbons (Fsp3) is 0.565. The Morgan fingerprint density at radius 2 is 1.88 bits per heavy atom. The summed E-state index contributed by atoms with van der Waals surface area (Å²) in [6, 6.07) is 5.51. The van der Waals surface area contributed by atoms with Crippen LogP contribution in [0.1, 0.15) is 59.4 Å². The second-order valence-corrected chi connectivity index (χ2v) is 13.0. The molecule has 6 rings (SSSR count). The quantitative estimate of drug-likeness (QED) is 0.648. The fourth-order valence-corrected chi connectivity index (χ4v) is 8.52. The summed E-state index contributed by atoms with van der Waals surface area (Å²) < 4.78 is 55.5. The summed E-state index contributed by atoms with van der Waals surface area (Å²) in [5.41, 5.74) is -0.778. The number of nitrogens with zero attached hydrogens (tertiary/aromatic N) is 3. The molecule has 2 aliphatic heterocycles. The molecule has 6 nitrogen and oxygen atoms in total. The number of sulfonamides is 1. The van der Waals surface area contributed by atoms with Crippen molar-refractivity contribution in [2.45, 2.75) is 68.1 Å². The largest absolute Gasteiger partial charge is 0.332 e. The van der Waals surface area contributed by atoms with Crippen LogP contribution in [0.5, 0.6) is 0 Å². The standard InChI is InChI=1S/C23H25F2N3O3S2/c1-14-6-7-17-19(32-21(26-17)23(25)8-9-23)20(29)28(14)15-10-22(11-15)12-27(13-22)33(30,31)18-5-3-2-4-16(18)24/h2-5,14-15H,6-13H2,1H3/t14-/m1/s1. The van der Waals surface area contributed by atoms with E-state index in [9.17, 15) is 22.0 Å². The van der Waals surface area contributed by atoms with Gasteiger partial charge in [0.05, 0.1) is 5.69 Å². The number of carbonyl (C=O) groups excluding carboxylic acids is 1. The smallest absolute Gasteiger partial charge is 0.266 e. The van der Waals surface area contributed by atoms with E-state index in [0.717, 1.165) is 31.0 Å². The molecule has 0 bridgehead atoms. The summed E-state index contributed by atoms with van der Waals surface area (Å²) in [6.45, 7) is 2.72. The Morgan fingerprint density at radius 3 is 2.55 bits per heavy atom. The van der Waals surface area contributed by atoms with Gasteiger partial charge in [0.15, 0.2) is 5.67 Å². The lowest BCUT2D eigenvalue weighted by molar-refractivity contribution is -0.0739. The Bertz CT molecular complexity index is 1240. The second-order valence-electron chi connectivity index (χ2n) is 10.1. The molecule has 2 saturated carbocycles. The highest BCUT2D eigenvalue weighted by molar-refractivity contribution is 7.89. The van der Waals surface area contributed by atoms with E-state index in [1.54, 1.807) is 0 Å². The number of benzene rings is 1. The molecule has 0 N–H and O–H groups in total. The van der Waals surface area contributed by atoms with E-state index in [1.807, 2.05) is 11.8 Å². The van der Waals surface area contributed by atoms with Gasteiger partial charge in [-0.1, -0.05) is 12.1 Å². The lowest BCUT2D eigenvalue weighted by atomic mass is 9.61. The SMILES string of the molecule is C[C@@H]1CCc2nc(C3(F)CC3)sc2C(=O)N1C1CC2(C1)CN(S(=O)(=O)c1ccccc1F)C2. The van der Waals surface area contributed by atoms with E-state index >= 15 is 0 Å². The number of thiazole rings is 1. The second kappa shape index (κ2) is 7.05. The number of halogens is 2. The van der Waals surface area contributed by atoms with Crippen molar-refractivity contribution in [2.24, 2.45) is 5.41 Å². The molecule has 4 aliphatic rings. The number of fused-ring (bicyclic) bond motifs is 1. The van der Waals surface area contributed by atoms with Crippen LogP contribution in [0.4, 0.5) is 8.78 Å². The fourth-order valence-electron chi connectivity index (χ4n) is 5.59. The molecule has 2 aromatic rings. The van der Waals surface area contributed by atoms with E-state index in [2.05, 4.69) is 4.98 Å². The Hall–Kier alpha value is -1.91. The highest BCUT2D eigenvalue weighted by Gasteiger charge is 2.58. The Morgan fingerprint density at radius 1 is 1.18 bits per heavy atom. The van der Waals surface area contributed by atoms with Crippen LogP contribution in [0.25, 0.3) is 0 Å². The van der Waals surface area contributed by atoms with Crippen LogP contribution in [0.3, 0.4) is 0 Å². The summed E-state index contributed by atoms with van der Waals surface area (Å²) in [5.74, 6) is -0.812. The summed E-state index contributed by atoms with van der Waals surface area (Å²) >= 11 is 1.21. The van der Waals surface area contributed by atoms with E-state index in [0.29, 0.717) is 42.2 Å². The molecule has 1 saturated heterocycles. The highest BCUT2D eigenvalue weighted by Crippen LogP contribution is 2.54. The molecule has 176 valence electrons. The van der Waals surface area contributed by atoms with E-state index in [4.69, 9.17) is 0 Å². The molecule has 3 fully saturated rings. The maximum absolute atomic E-state index is 14.5. The minimum Gasteiger partial charge on any atom is -0.332 e. The molecule has 3 heterocycles. The lowest BCUT2D eigenvalue weighted by Gasteiger charge is -2.60. The number of hydrogen-bond donors (Lipinski definition) is 0. The predicted octanol–water partition coefficient (Wildman–Crippen LogP) is 3.87. The van der Waals surface area contributed by atoms with Crippen LogP contribution in [-0.4, -0.2) is 53.7 Å². The monoisotopic (exact) mass is 493 g/mol. The number of rotatable bonds is 4. The van der Waals surface area contributed by atoms with E-state index < -0.39 is 21.5 Å². The van der Waals surface area contributed by atoms with Crippen LogP contribution in [0.2, 0.25) is 0 Å². The van der Waals surface area contributed by atoms with Crippen molar-refractivity contribution >= 4 is 27.3 Å². The van der Waals surface area contributed by atoms with Crippen LogP contribution in [0, 0.1) is 11.2 Å². The van der Waals surface area contributed by atoms with E-state index in [1.165, 1.54) is 33.8 Å². The first-order valence-electron chi connectivity index (χ1n) is 11.4. The molecule has 1 spiro atoms. The molecular formula is C23H25F2N3O3S2. The van der Waals surface area contributed by atoms with Gasteiger partial charge >= 0.3 is 0 Å². The normalized spacial score (nSPS) is 26.5. The molecule has 33 heavy (non-hydrogen) atoms. The van der Waals surface area contributed by atoms with Gasteiger partial charge in [-0.3, -0.25) is 4.79 Å². The summed E-state index contributed by atoms with van der Waals surface area (Å²) in [6.07, 6.45) is 3.84. The first-order chi connectivity index (χ1) is 15.6. The van der Waals surface area contributed by atoms with Crippen LogP contribution < -0.4 is 0 Å². The van der Waals surface area contributed by atoms with Crippen molar-refractivity contribution in [3.63, 3.8) is 0 Å². The number of alkyl halides is 1. The minimum atomic E-state index is -3.86. The molecule has 1 aromatic carbocycles. The van der Waals surface area contributed by atoms with Gasteiger partial charge in [0.1, 0.15) is 20.6 Å². The number of aromatic nitrogens is 1. The van der Waals surface area contributed by atoms with Gasteiger partial charge in [-0.2, -0.15) is 4.31 Å². The van der Waals surface area contributed by atoms with Crippen molar-refractivity contribution in [1.29, 1.82) is 0 Å². The summed E-state index contributed by atoms with van der Waals surface area (Å²) in [7, 11) is -3.86. The number of hydrogen-bond acceptors (Lipinski definition) is 5. The number of amides is 1. The average molecular weight is 494 g/mol. The maximum Gasteiger partial charge on any atom is 0.266 e. The van der Waals surface area contributed by atoms with Gasteiger partial charge < -0.3 is 4.90 Å². The predicted molar refractivity (Wildman–Crippen MR) is 119 cm³/mol. The third-order valence-electron chi connectivity index (χ3n) is 7.68. The first-order valence-corrected chi connectivity index (χ1v) is 13.6. The average Bonchev–Trinajstić information content (AvgIpc) is 3.33. The van der Waals surface area contributed by atoms with Gasteiger partial charge in [0.25, 0.3) is 5.91 Å². The van der Waals surface area contributed by atoms with Gasteiger partial charge in [-0.25, -0.2) is 22.2 Å². The zero-order chi connectivity index (χ0) is 23.2. The molecule has 1 aromatic heterocycles. The Labute approximate surface area is 195 Å². The molecule has 10 heteroatoms. The van der Waals surface area contributed by atoms with E-state index in [-0.39, 0.29) is 28.3 Å². The van der Waals surface area contributed by atoms with Crippen molar-refractivity contribution in [3.05, 3.63) is 45.7 Å².